The molecule has 0 spiro atoms. The highest BCUT2D eigenvalue weighted by Crippen LogP contribution is 2.44. The summed E-state index contributed by atoms with van der Waals surface area (Å²) in [6.07, 6.45) is 5.74. The molecule has 0 radical (unpaired) electrons. The molecule has 3 aromatic heterocycles. The number of furan rings is 1. The zero-order chi connectivity index (χ0) is 49.5. The van der Waals surface area contributed by atoms with Gasteiger partial charge in [0.2, 0.25) is 0 Å². The minimum absolute atomic E-state index is 0.106. The molecule has 0 aliphatic carbocycles. The zero-order valence-electron chi connectivity index (χ0n) is 41.4. The van der Waals surface area contributed by atoms with Gasteiger partial charge in [0.05, 0.1) is 66.4 Å². The first-order valence-corrected chi connectivity index (χ1v) is 24.1. The fraction of sp³-hybridized carbons (Fsp3) is 0.647. The van der Waals surface area contributed by atoms with E-state index >= 15 is 4.79 Å². The number of aryl methyl sites for hydroxylation is 1. The van der Waals surface area contributed by atoms with Crippen LogP contribution in [0, 0.1) is 23.7 Å². The van der Waals surface area contributed by atoms with Gasteiger partial charge in [0.15, 0.2) is 11.9 Å². The fourth-order valence-corrected chi connectivity index (χ4v) is 10.8. The number of methoxy groups -OCH3 is 1. The number of imidazole rings is 1. The van der Waals surface area contributed by atoms with Gasteiger partial charge in [-0.1, -0.05) is 39.8 Å². The number of unbranched alkanes of at least 4 members (excludes halogenated alkanes) is 1. The Morgan fingerprint density at radius 2 is 1.81 bits per heavy atom. The molecule has 1 N–H and O–H groups in total. The maximum absolute atomic E-state index is 15.0. The van der Waals surface area contributed by atoms with Crippen molar-refractivity contribution in [1.82, 2.24) is 24.3 Å². The number of aliphatic hydroxyl groups excluding tert-OH is 1. The molecule has 0 saturated carbocycles. The van der Waals surface area contributed by atoms with E-state index in [4.69, 9.17) is 32.8 Å². The van der Waals surface area contributed by atoms with Crippen LogP contribution in [0.4, 0.5) is 4.79 Å². The average molecular weight is 948 g/mol. The van der Waals surface area contributed by atoms with E-state index in [0.29, 0.717) is 38.0 Å². The highest BCUT2D eigenvalue weighted by atomic mass is 16.7. The first-order valence-electron chi connectivity index (χ1n) is 24.1. The number of fused-ring (bicyclic) bond motifs is 1. The number of nitrogens with zero attached hydrogens (tertiary/aromatic N) is 5. The first kappa shape index (κ1) is 52.4. The summed E-state index contributed by atoms with van der Waals surface area (Å²) in [5.41, 5.74) is -0.634. The quantitative estimate of drug-likeness (QED) is 0.0693. The molecule has 3 aromatic rings. The highest BCUT2D eigenvalue weighted by Gasteiger charge is 2.60. The predicted octanol–water partition coefficient (Wildman–Crippen LogP) is 6.66. The number of carbonyl (C=O) groups is 4. The number of ether oxygens (including phenoxy) is 6. The minimum atomic E-state index is -1.45. The lowest BCUT2D eigenvalue weighted by atomic mass is 9.73. The molecule has 3 fully saturated rings. The number of carbonyl (C=O) groups excluding carboxylic acids is 4. The van der Waals surface area contributed by atoms with Crippen LogP contribution < -0.4 is 0 Å². The topological polar surface area (TPSA) is 194 Å². The van der Waals surface area contributed by atoms with Gasteiger partial charge in [-0.25, -0.2) is 9.78 Å². The standard InChI is InChI=1S/C51H73N5O12/c1-12-21-54(10)39-25-32(4)64-48(43(39)59)67-46-34(6)44(66-41(57)26-37-18-14-15-20-52-37)35(7)47(60)65-40(13-2)51(9)45(33(5)42(58)31(3)27-50(46,8)62-11)56(49(61)68-51)23-17-16-22-55-28-38(53-30-55)36-19-24-63-29-36/h12,14-15,18-20,24,28-35,39-40,43-46,48,59H,1,13,16-17,21-23,25-27H2,2-11H3/t31-,32-,33+,34+,35-,39+,40-,43-,44+,45-,46-,48+,50-,51-/m1/s1. The molecule has 17 heteroatoms. The smallest absolute Gasteiger partial charge is 0.410 e. The van der Waals surface area contributed by atoms with Crippen molar-refractivity contribution >= 4 is 23.8 Å². The number of amides is 1. The van der Waals surface area contributed by atoms with Crippen molar-refractivity contribution < 1.29 is 57.1 Å². The Labute approximate surface area is 400 Å². The third-order valence-electron chi connectivity index (χ3n) is 14.5. The minimum Gasteiger partial charge on any atom is -0.472 e. The molecule has 0 unspecified atom stereocenters. The second-order valence-corrected chi connectivity index (χ2v) is 19.5. The van der Waals surface area contributed by atoms with Crippen LogP contribution in [-0.2, 0) is 55.8 Å². The Morgan fingerprint density at radius 3 is 2.47 bits per heavy atom. The van der Waals surface area contributed by atoms with Crippen LogP contribution in [-0.4, -0.2) is 141 Å². The van der Waals surface area contributed by atoms with Crippen LogP contribution >= 0.6 is 0 Å². The van der Waals surface area contributed by atoms with Crippen LogP contribution in [0.2, 0.25) is 0 Å². The van der Waals surface area contributed by atoms with Crippen molar-refractivity contribution in [2.24, 2.45) is 23.7 Å². The number of hydrogen-bond donors (Lipinski definition) is 1. The Bertz CT molecular complexity index is 2150. The molecule has 6 rings (SSSR count). The van der Waals surface area contributed by atoms with Gasteiger partial charge in [-0.2, -0.15) is 0 Å². The summed E-state index contributed by atoms with van der Waals surface area (Å²) in [5.74, 6) is -4.92. The third kappa shape index (κ3) is 11.6. The van der Waals surface area contributed by atoms with Crippen molar-refractivity contribution in [1.29, 1.82) is 0 Å². The molecule has 68 heavy (non-hydrogen) atoms. The summed E-state index contributed by atoms with van der Waals surface area (Å²) in [6.45, 7) is 19.6. The number of cyclic esters (lactones) is 1. The number of hydrogen-bond acceptors (Lipinski definition) is 15. The van der Waals surface area contributed by atoms with E-state index in [9.17, 15) is 19.5 Å². The number of Topliss-reactive ketones (excluding diaryl/α,β-unsaturated/α-hetero) is 1. The van der Waals surface area contributed by atoms with E-state index in [1.807, 2.05) is 56.5 Å². The Hall–Kier alpha value is -4.94. The van der Waals surface area contributed by atoms with Gasteiger partial charge in [0, 0.05) is 68.5 Å². The van der Waals surface area contributed by atoms with Crippen molar-refractivity contribution in [3.63, 3.8) is 0 Å². The van der Waals surface area contributed by atoms with Gasteiger partial charge in [-0.3, -0.25) is 24.3 Å². The number of ketones is 1. The van der Waals surface area contributed by atoms with E-state index < -0.39 is 89.7 Å². The lowest BCUT2D eigenvalue weighted by Gasteiger charge is -2.48. The number of aliphatic hydroxyl groups is 1. The second kappa shape index (κ2) is 22.7. The van der Waals surface area contributed by atoms with Gasteiger partial charge in [0.25, 0.3) is 0 Å². The van der Waals surface area contributed by atoms with Crippen molar-refractivity contribution in [3.8, 4) is 11.3 Å². The first-order chi connectivity index (χ1) is 32.3. The van der Waals surface area contributed by atoms with E-state index in [2.05, 4.69) is 16.5 Å². The summed E-state index contributed by atoms with van der Waals surface area (Å²) >= 11 is 0. The van der Waals surface area contributed by atoms with Crippen molar-refractivity contribution in [2.45, 2.75) is 161 Å². The maximum Gasteiger partial charge on any atom is 0.410 e. The number of pyridine rings is 1. The molecular formula is C51H73N5O12. The van der Waals surface area contributed by atoms with Gasteiger partial charge in [0.1, 0.15) is 24.1 Å². The van der Waals surface area contributed by atoms with Crippen molar-refractivity contribution in [2.75, 3.05) is 27.2 Å². The van der Waals surface area contributed by atoms with E-state index in [1.54, 1.807) is 81.9 Å². The summed E-state index contributed by atoms with van der Waals surface area (Å²) in [7, 11) is 3.41. The lowest BCUT2D eigenvalue weighted by molar-refractivity contribution is -0.302. The summed E-state index contributed by atoms with van der Waals surface area (Å²) in [6, 6.07) is 5.87. The summed E-state index contributed by atoms with van der Waals surface area (Å²) < 4.78 is 45.9. The second-order valence-electron chi connectivity index (χ2n) is 19.5. The van der Waals surface area contributed by atoms with Gasteiger partial charge < -0.3 is 47.4 Å². The molecule has 3 saturated heterocycles. The molecule has 14 atom stereocenters. The molecule has 3 aliphatic rings. The number of esters is 2. The van der Waals surface area contributed by atoms with E-state index in [-0.39, 0.29) is 43.7 Å². The molecule has 0 aromatic carbocycles. The predicted molar refractivity (Wildman–Crippen MR) is 251 cm³/mol. The fourth-order valence-electron chi connectivity index (χ4n) is 10.8. The van der Waals surface area contributed by atoms with Crippen LogP contribution in [0.1, 0.15) is 93.2 Å². The third-order valence-corrected chi connectivity index (χ3v) is 14.5. The van der Waals surface area contributed by atoms with E-state index in [0.717, 1.165) is 11.3 Å². The average Bonchev–Trinajstić information content (AvgIpc) is 4.08. The normalized spacial score (nSPS) is 33.9. The van der Waals surface area contributed by atoms with Crippen LogP contribution in [0.25, 0.3) is 11.3 Å². The molecular weight excluding hydrogens is 875 g/mol. The molecule has 6 heterocycles. The largest absolute Gasteiger partial charge is 0.472 e. The molecule has 3 aliphatic heterocycles. The molecule has 17 nitrogen and oxygen atoms in total. The Balaban J connectivity index is 1.35. The van der Waals surface area contributed by atoms with Crippen molar-refractivity contribution in [3.05, 3.63) is 73.9 Å². The Morgan fingerprint density at radius 1 is 1.06 bits per heavy atom. The SMILES string of the molecule is C=CCN(C)[C@H]1C[C@@H](C)O[C@@H](O[C@@H]2[C@@H](C)[C@H](OC(=O)Cc3ccccn3)[C@@H](C)C(=O)O[C@H](CC)[C@@]3(C)OC(=O)N(CCCCn4cnc(-c5ccoc5)c4)[C@@H]3[C@@H](C)C(=O)[C@H](C)C[C@@]2(C)OC)[C@@H]1O. The zero-order valence-corrected chi connectivity index (χ0v) is 41.4. The number of rotatable bonds is 16. The van der Waals surface area contributed by atoms with Gasteiger partial charge >= 0.3 is 18.0 Å². The van der Waals surface area contributed by atoms with Gasteiger partial charge in [-0.05, 0) is 85.0 Å². The molecule has 374 valence electrons. The van der Waals surface area contributed by atoms with Crippen LogP contribution in [0.3, 0.4) is 0 Å². The molecule has 1 amide bonds. The maximum atomic E-state index is 15.0. The number of aromatic nitrogens is 3. The van der Waals surface area contributed by atoms with Gasteiger partial charge in [-0.15, -0.1) is 6.58 Å². The van der Waals surface area contributed by atoms with Crippen LogP contribution in [0.15, 0.2) is 72.6 Å². The van der Waals surface area contributed by atoms with E-state index in [1.165, 1.54) is 7.11 Å². The van der Waals surface area contributed by atoms with Crippen LogP contribution in [0.5, 0.6) is 0 Å². The summed E-state index contributed by atoms with van der Waals surface area (Å²) in [5, 5.41) is 11.9. The lowest BCUT2D eigenvalue weighted by Crippen LogP contribution is -2.61. The summed E-state index contributed by atoms with van der Waals surface area (Å²) in [4.78, 5) is 70.3. The monoisotopic (exact) mass is 948 g/mol. The molecule has 0 bridgehead atoms. The highest BCUT2D eigenvalue weighted by molar-refractivity contribution is 5.85. The Kier molecular flexibility index (Phi) is 17.5. The number of likely N-dealkylation sites (N-methyl/N-ethyl adjacent to an activating group) is 1.